The molecule has 0 aliphatic rings. The quantitative estimate of drug-likeness (QED) is 0.584. The molecule has 5 nitrogen and oxygen atoms in total. The van der Waals surface area contributed by atoms with Gasteiger partial charge in [0.25, 0.3) is 0 Å². The van der Waals surface area contributed by atoms with E-state index in [4.69, 9.17) is 20.3 Å². The first-order valence-electron chi connectivity index (χ1n) is 5.42. The molecule has 0 bridgehead atoms. The van der Waals surface area contributed by atoms with E-state index in [0.29, 0.717) is 18.1 Å². The van der Waals surface area contributed by atoms with Crippen molar-refractivity contribution in [2.45, 2.75) is 6.42 Å². The van der Waals surface area contributed by atoms with Crippen LogP contribution < -0.4 is 15.2 Å². The van der Waals surface area contributed by atoms with Crippen LogP contribution in [0, 0.1) is 0 Å². The summed E-state index contributed by atoms with van der Waals surface area (Å²) in [6, 6.07) is 2.86. The van der Waals surface area contributed by atoms with Gasteiger partial charge in [0.05, 0.1) is 25.0 Å². The van der Waals surface area contributed by atoms with Crippen LogP contribution in [0.1, 0.15) is 16.8 Å². The standard InChI is InChI=1S/C12H17NO4S/c1-16-10-7-9(13)8(12(14)15)6-11(10)17-4-3-5-18-2/h6-7H,3-5,13H2,1-2H3,(H,14,15). The van der Waals surface area contributed by atoms with Crippen molar-refractivity contribution in [2.24, 2.45) is 0 Å². The molecule has 0 saturated heterocycles. The summed E-state index contributed by atoms with van der Waals surface area (Å²) in [5.74, 6) is 0.763. The number of hydrogen-bond donors (Lipinski definition) is 2. The van der Waals surface area contributed by atoms with E-state index in [1.165, 1.54) is 19.2 Å². The van der Waals surface area contributed by atoms with Gasteiger partial charge in [-0.05, 0) is 18.4 Å². The summed E-state index contributed by atoms with van der Waals surface area (Å²) < 4.78 is 10.6. The number of rotatable bonds is 7. The van der Waals surface area contributed by atoms with Gasteiger partial charge in [0.2, 0.25) is 0 Å². The topological polar surface area (TPSA) is 81.8 Å². The number of hydrogen-bond acceptors (Lipinski definition) is 5. The van der Waals surface area contributed by atoms with Crippen molar-refractivity contribution < 1.29 is 19.4 Å². The maximum atomic E-state index is 11.0. The third-order valence-corrected chi connectivity index (χ3v) is 3.01. The lowest BCUT2D eigenvalue weighted by atomic mass is 10.1. The third kappa shape index (κ3) is 3.73. The molecule has 0 aliphatic heterocycles. The van der Waals surface area contributed by atoms with Crippen molar-refractivity contribution in [2.75, 3.05) is 31.5 Å². The molecule has 1 aromatic carbocycles. The molecule has 0 fully saturated rings. The van der Waals surface area contributed by atoms with Crippen LogP contribution in [-0.2, 0) is 0 Å². The average Bonchev–Trinajstić information content (AvgIpc) is 2.35. The molecule has 1 rings (SSSR count). The number of nitrogen functional groups attached to an aromatic ring is 1. The molecule has 3 N–H and O–H groups in total. The number of nitrogens with two attached hydrogens (primary N) is 1. The number of methoxy groups -OCH3 is 1. The van der Waals surface area contributed by atoms with E-state index in [0.717, 1.165) is 12.2 Å². The maximum Gasteiger partial charge on any atom is 0.337 e. The largest absolute Gasteiger partial charge is 0.493 e. The van der Waals surface area contributed by atoms with Crippen LogP contribution in [0.3, 0.4) is 0 Å². The summed E-state index contributed by atoms with van der Waals surface area (Å²) in [5, 5.41) is 8.98. The fourth-order valence-corrected chi connectivity index (χ4v) is 1.83. The van der Waals surface area contributed by atoms with Gasteiger partial charge < -0.3 is 20.3 Å². The number of carboxylic acid groups (broad SMARTS) is 1. The van der Waals surface area contributed by atoms with Gasteiger partial charge in [-0.25, -0.2) is 4.79 Å². The van der Waals surface area contributed by atoms with Crippen molar-refractivity contribution in [3.8, 4) is 11.5 Å². The second-order valence-corrected chi connectivity index (χ2v) is 4.58. The molecule has 0 aliphatic carbocycles. The Balaban J connectivity index is 2.86. The summed E-state index contributed by atoms with van der Waals surface area (Å²) >= 11 is 1.73. The Labute approximate surface area is 110 Å². The first kappa shape index (κ1) is 14.5. The second kappa shape index (κ2) is 7.00. The Hall–Kier alpha value is -1.56. The molecule has 6 heteroatoms. The number of aromatic carboxylic acids is 1. The van der Waals surface area contributed by atoms with Crippen molar-refractivity contribution >= 4 is 23.4 Å². The molecular weight excluding hydrogens is 254 g/mol. The van der Waals surface area contributed by atoms with Crippen LogP contribution in [-0.4, -0.2) is 36.8 Å². The molecule has 0 atom stereocenters. The minimum atomic E-state index is -1.08. The fraction of sp³-hybridized carbons (Fsp3) is 0.417. The van der Waals surface area contributed by atoms with E-state index in [-0.39, 0.29) is 11.3 Å². The van der Waals surface area contributed by atoms with Crippen LogP contribution in [0.2, 0.25) is 0 Å². The average molecular weight is 271 g/mol. The molecule has 0 heterocycles. The predicted octanol–water partition coefficient (Wildman–Crippen LogP) is 2.11. The first-order chi connectivity index (χ1) is 8.60. The summed E-state index contributed by atoms with van der Waals surface area (Å²) in [5.41, 5.74) is 5.81. The van der Waals surface area contributed by atoms with Gasteiger partial charge in [-0.15, -0.1) is 0 Å². The van der Waals surface area contributed by atoms with Crippen molar-refractivity contribution in [1.82, 2.24) is 0 Å². The molecule has 18 heavy (non-hydrogen) atoms. The summed E-state index contributed by atoms with van der Waals surface area (Å²) in [4.78, 5) is 11.0. The SMILES string of the molecule is COc1cc(N)c(C(=O)O)cc1OCCCSC. The highest BCUT2D eigenvalue weighted by atomic mass is 32.2. The highest BCUT2D eigenvalue weighted by Crippen LogP contribution is 2.32. The van der Waals surface area contributed by atoms with E-state index in [2.05, 4.69) is 0 Å². The molecule has 100 valence electrons. The smallest absolute Gasteiger partial charge is 0.337 e. The van der Waals surface area contributed by atoms with Crippen LogP contribution in [0.4, 0.5) is 5.69 Å². The molecule has 0 saturated carbocycles. The highest BCUT2D eigenvalue weighted by molar-refractivity contribution is 7.98. The van der Waals surface area contributed by atoms with Gasteiger partial charge in [-0.2, -0.15) is 11.8 Å². The highest BCUT2D eigenvalue weighted by Gasteiger charge is 2.14. The van der Waals surface area contributed by atoms with Gasteiger partial charge >= 0.3 is 5.97 Å². The van der Waals surface area contributed by atoms with E-state index in [1.54, 1.807) is 11.8 Å². The third-order valence-electron chi connectivity index (χ3n) is 2.32. The Kier molecular flexibility index (Phi) is 5.64. The number of benzene rings is 1. The van der Waals surface area contributed by atoms with Crippen LogP contribution in [0.5, 0.6) is 11.5 Å². The predicted molar refractivity (Wildman–Crippen MR) is 72.9 cm³/mol. The number of thioether (sulfide) groups is 1. The normalized spacial score (nSPS) is 10.1. The van der Waals surface area contributed by atoms with Crippen molar-refractivity contribution in [3.05, 3.63) is 17.7 Å². The molecular formula is C12H17NO4S. The zero-order chi connectivity index (χ0) is 13.5. The first-order valence-corrected chi connectivity index (χ1v) is 6.82. The summed E-state index contributed by atoms with van der Waals surface area (Å²) in [6.07, 6.45) is 2.91. The van der Waals surface area contributed by atoms with Crippen LogP contribution >= 0.6 is 11.8 Å². The molecule has 0 spiro atoms. The van der Waals surface area contributed by atoms with Gasteiger partial charge in [-0.1, -0.05) is 0 Å². The van der Waals surface area contributed by atoms with Gasteiger partial charge in [0, 0.05) is 12.1 Å². The van der Waals surface area contributed by atoms with E-state index in [9.17, 15) is 4.79 Å². The minimum Gasteiger partial charge on any atom is -0.493 e. The minimum absolute atomic E-state index is 0.0238. The Morgan fingerprint density at radius 3 is 2.72 bits per heavy atom. The number of ether oxygens (including phenoxy) is 2. The number of carbonyl (C=O) groups is 1. The Morgan fingerprint density at radius 1 is 1.44 bits per heavy atom. The molecule has 0 amide bonds. The van der Waals surface area contributed by atoms with E-state index in [1.807, 2.05) is 6.26 Å². The molecule has 0 aromatic heterocycles. The lowest BCUT2D eigenvalue weighted by molar-refractivity contribution is 0.0697. The summed E-state index contributed by atoms with van der Waals surface area (Å²) in [6.45, 7) is 0.514. The van der Waals surface area contributed by atoms with E-state index >= 15 is 0 Å². The summed E-state index contributed by atoms with van der Waals surface area (Å²) in [7, 11) is 1.49. The second-order valence-electron chi connectivity index (χ2n) is 3.59. The van der Waals surface area contributed by atoms with Crippen molar-refractivity contribution in [1.29, 1.82) is 0 Å². The zero-order valence-corrected chi connectivity index (χ0v) is 11.3. The molecule has 0 unspecified atom stereocenters. The Bertz CT molecular complexity index is 423. The Morgan fingerprint density at radius 2 is 2.17 bits per heavy atom. The van der Waals surface area contributed by atoms with Crippen molar-refractivity contribution in [3.63, 3.8) is 0 Å². The zero-order valence-electron chi connectivity index (χ0n) is 10.4. The van der Waals surface area contributed by atoms with Gasteiger partial charge in [0.1, 0.15) is 0 Å². The molecule has 0 radical (unpaired) electrons. The lowest BCUT2D eigenvalue weighted by Crippen LogP contribution is -2.06. The lowest BCUT2D eigenvalue weighted by Gasteiger charge is -2.12. The maximum absolute atomic E-state index is 11.0. The number of anilines is 1. The van der Waals surface area contributed by atoms with Gasteiger partial charge in [-0.3, -0.25) is 0 Å². The van der Waals surface area contributed by atoms with Crippen LogP contribution in [0.25, 0.3) is 0 Å². The number of carboxylic acids is 1. The van der Waals surface area contributed by atoms with Gasteiger partial charge in [0.15, 0.2) is 11.5 Å². The monoisotopic (exact) mass is 271 g/mol. The van der Waals surface area contributed by atoms with E-state index < -0.39 is 5.97 Å². The van der Waals surface area contributed by atoms with Crippen LogP contribution in [0.15, 0.2) is 12.1 Å². The fourth-order valence-electron chi connectivity index (χ4n) is 1.42. The molecule has 1 aromatic rings.